The van der Waals surface area contributed by atoms with Crippen molar-refractivity contribution in [3.63, 3.8) is 0 Å². The summed E-state index contributed by atoms with van der Waals surface area (Å²) >= 11 is 0. The van der Waals surface area contributed by atoms with Gasteiger partial charge >= 0.3 is 0 Å². The van der Waals surface area contributed by atoms with Crippen LogP contribution in [-0.4, -0.2) is 47.9 Å². The van der Waals surface area contributed by atoms with Crippen LogP contribution in [0.15, 0.2) is 30.3 Å². The van der Waals surface area contributed by atoms with Crippen molar-refractivity contribution in [3.05, 3.63) is 35.9 Å². The molecule has 0 spiro atoms. The Bertz CT molecular complexity index is 474. The number of likely N-dealkylation sites (tertiary alicyclic amines) is 1. The van der Waals surface area contributed by atoms with Gasteiger partial charge in [0, 0.05) is 25.7 Å². The number of nitrogens with zero attached hydrogens (tertiary/aromatic N) is 2. The van der Waals surface area contributed by atoms with Gasteiger partial charge in [-0.05, 0) is 31.4 Å². The van der Waals surface area contributed by atoms with Crippen molar-refractivity contribution in [2.24, 2.45) is 11.7 Å². The number of rotatable bonds is 6. The van der Waals surface area contributed by atoms with Gasteiger partial charge in [0.1, 0.15) is 0 Å². The van der Waals surface area contributed by atoms with Crippen LogP contribution in [0.4, 0.5) is 0 Å². The van der Waals surface area contributed by atoms with E-state index in [1.54, 1.807) is 0 Å². The van der Waals surface area contributed by atoms with Gasteiger partial charge in [0.15, 0.2) is 0 Å². The first kappa shape index (κ1) is 17.0. The van der Waals surface area contributed by atoms with E-state index in [4.69, 9.17) is 5.73 Å². The summed E-state index contributed by atoms with van der Waals surface area (Å²) in [5.74, 6) is 0.307. The smallest absolute Gasteiger partial charge is 0.240 e. The average Bonchev–Trinajstić information content (AvgIpc) is 2.94. The highest BCUT2D eigenvalue weighted by Gasteiger charge is 2.33. The number of likely N-dealkylation sites (N-methyl/N-ethyl adjacent to an activating group) is 1. The number of benzene rings is 1. The molecule has 1 aliphatic rings. The molecule has 1 saturated heterocycles. The van der Waals surface area contributed by atoms with Crippen LogP contribution in [0.25, 0.3) is 0 Å². The summed E-state index contributed by atoms with van der Waals surface area (Å²) in [4.78, 5) is 16.8. The minimum atomic E-state index is -0.375. The molecule has 0 aliphatic carbocycles. The number of amides is 1. The molecule has 1 heterocycles. The first-order chi connectivity index (χ1) is 10.5. The molecule has 0 unspecified atom stereocenters. The standard InChI is InChI=1S/C18H29N3O/c1-14(2)17(19)18(22)21-11-7-10-16(21)13-20(3)12-15-8-5-4-6-9-15/h4-6,8-9,14,16-17H,7,10-13,19H2,1-3H3/t16-,17+/m1/s1. The second kappa shape index (κ2) is 7.75. The average molecular weight is 303 g/mol. The first-order valence-corrected chi connectivity index (χ1v) is 8.27. The van der Waals surface area contributed by atoms with Gasteiger partial charge in [-0.3, -0.25) is 4.79 Å². The largest absolute Gasteiger partial charge is 0.337 e. The molecule has 2 N–H and O–H groups in total. The number of nitrogens with two attached hydrogens (primary N) is 1. The fraction of sp³-hybridized carbons (Fsp3) is 0.611. The van der Waals surface area contributed by atoms with Gasteiger partial charge in [0.05, 0.1) is 6.04 Å². The maximum atomic E-state index is 12.5. The monoisotopic (exact) mass is 303 g/mol. The number of hydrogen-bond acceptors (Lipinski definition) is 3. The Morgan fingerprint density at radius 2 is 2.05 bits per heavy atom. The van der Waals surface area contributed by atoms with Crippen molar-refractivity contribution in [1.29, 1.82) is 0 Å². The zero-order chi connectivity index (χ0) is 16.1. The van der Waals surface area contributed by atoms with Gasteiger partial charge in [-0.2, -0.15) is 0 Å². The van der Waals surface area contributed by atoms with Crippen LogP contribution in [0.3, 0.4) is 0 Å². The molecule has 0 saturated carbocycles. The van der Waals surface area contributed by atoms with Crippen LogP contribution in [0.1, 0.15) is 32.3 Å². The predicted molar refractivity (Wildman–Crippen MR) is 90.3 cm³/mol. The van der Waals surface area contributed by atoms with Crippen molar-refractivity contribution in [2.75, 3.05) is 20.1 Å². The molecule has 4 nitrogen and oxygen atoms in total. The lowest BCUT2D eigenvalue weighted by Crippen LogP contribution is -2.50. The number of carbonyl (C=O) groups is 1. The minimum Gasteiger partial charge on any atom is -0.337 e. The predicted octanol–water partition coefficient (Wildman–Crippen LogP) is 2.09. The molecule has 4 heteroatoms. The molecule has 0 aromatic heterocycles. The second-order valence-corrected chi connectivity index (χ2v) is 6.78. The maximum Gasteiger partial charge on any atom is 0.240 e. The van der Waals surface area contributed by atoms with E-state index in [-0.39, 0.29) is 17.9 Å². The first-order valence-electron chi connectivity index (χ1n) is 8.27. The summed E-state index contributed by atoms with van der Waals surface area (Å²) in [6, 6.07) is 10.4. The molecule has 0 radical (unpaired) electrons. The molecule has 1 fully saturated rings. The van der Waals surface area contributed by atoms with Gasteiger partial charge in [0.25, 0.3) is 0 Å². The van der Waals surface area contributed by atoms with E-state index < -0.39 is 0 Å². The molecule has 1 aromatic carbocycles. The molecule has 1 amide bonds. The zero-order valence-corrected chi connectivity index (χ0v) is 14.0. The Morgan fingerprint density at radius 1 is 1.36 bits per heavy atom. The molecule has 2 rings (SSSR count). The van der Waals surface area contributed by atoms with Crippen molar-refractivity contribution in [2.45, 2.75) is 45.3 Å². The van der Waals surface area contributed by atoms with Gasteiger partial charge in [0.2, 0.25) is 5.91 Å². The Labute approximate surface area is 134 Å². The normalized spacial score (nSPS) is 19.9. The minimum absolute atomic E-state index is 0.116. The molecular weight excluding hydrogens is 274 g/mol. The molecule has 1 aromatic rings. The fourth-order valence-corrected chi connectivity index (χ4v) is 3.11. The van der Waals surface area contributed by atoms with E-state index in [1.165, 1.54) is 5.56 Å². The van der Waals surface area contributed by atoms with E-state index in [0.29, 0.717) is 6.04 Å². The highest BCUT2D eigenvalue weighted by molar-refractivity contribution is 5.82. The van der Waals surface area contributed by atoms with Gasteiger partial charge in [-0.15, -0.1) is 0 Å². The second-order valence-electron chi connectivity index (χ2n) is 6.78. The third-order valence-electron chi connectivity index (χ3n) is 4.48. The topological polar surface area (TPSA) is 49.6 Å². The number of hydrogen-bond donors (Lipinski definition) is 1. The summed E-state index contributed by atoms with van der Waals surface area (Å²) in [6.45, 7) is 6.69. The Balaban J connectivity index is 1.92. The Hall–Kier alpha value is -1.39. The third kappa shape index (κ3) is 4.31. The van der Waals surface area contributed by atoms with E-state index in [1.807, 2.05) is 24.8 Å². The SMILES string of the molecule is CC(C)[C@H](N)C(=O)N1CCC[C@@H]1CN(C)Cc1ccccc1. The zero-order valence-electron chi connectivity index (χ0n) is 14.0. The lowest BCUT2D eigenvalue weighted by atomic mass is 10.0. The van der Waals surface area contributed by atoms with E-state index >= 15 is 0 Å². The molecule has 2 atom stereocenters. The van der Waals surface area contributed by atoms with Crippen molar-refractivity contribution in [1.82, 2.24) is 9.80 Å². The summed E-state index contributed by atoms with van der Waals surface area (Å²) in [7, 11) is 2.12. The Kier molecular flexibility index (Phi) is 5.98. The molecule has 122 valence electrons. The quantitative estimate of drug-likeness (QED) is 0.875. The third-order valence-corrected chi connectivity index (χ3v) is 4.48. The maximum absolute atomic E-state index is 12.5. The van der Waals surface area contributed by atoms with Crippen LogP contribution >= 0.6 is 0 Å². The highest BCUT2D eigenvalue weighted by Crippen LogP contribution is 2.20. The van der Waals surface area contributed by atoms with Gasteiger partial charge < -0.3 is 15.5 Å². The van der Waals surface area contributed by atoms with E-state index in [0.717, 1.165) is 32.5 Å². The van der Waals surface area contributed by atoms with Crippen molar-refractivity contribution < 1.29 is 4.79 Å². The summed E-state index contributed by atoms with van der Waals surface area (Å²) in [6.07, 6.45) is 2.16. The Morgan fingerprint density at radius 3 is 2.68 bits per heavy atom. The van der Waals surface area contributed by atoms with E-state index in [9.17, 15) is 4.79 Å². The van der Waals surface area contributed by atoms with Gasteiger partial charge in [-0.25, -0.2) is 0 Å². The van der Waals surface area contributed by atoms with Crippen LogP contribution in [0.2, 0.25) is 0 Å². The molecule has 0 bridgehead atoms. The fourth-order valence-electron chi connectivity index (χ4n) is 3.11. The van der Waals surface area contributed by atoms with Crippen LogP contribution in [0.5, 0.6) is 0 Å². The lowest BCUT2D eigenvalue weighted by molar-refractivity contribution is -0.134. The van der Waals surface area contributed by atoms with Crippen LogP contribution in [-0.2, 0) is 11.3 Å². The van der Waals surface area contributed by atoms with Gasteiger partial charge in [-0.1, -0.05) is 44.2 Å². The van der Waals surface area contributed by atoms with E-state index in [2.05, 4.69) is 36.2 Å². The van der Waals surface area contributed by atoms with Crippen molar-refractivity contribution >= 4 is 5.91 Å². The van der Waals surface area contributed by atoms with Crippen molar-refractivity contribution in [3.8, 4) is 0 Å². The summed E-state index contributed by atoms with van der Waals surface area (Å²) in [5, 5.41) is 0. The molecular formula is C18H29N3O. The lowest BCUT2D eigenvalue weighted by Gasteiger charge is -2.31. The van der Waals surface area contributed by atoms with Crippen LogP contribution < -0.4 is 5.73 Å². The highest BCUT2D eigenvalue weighted by atomic mass is 16.2. The summed E-state index contributed by atoms with van der Waals surface area (Å²) in [5.41, 5.74) is 7.36. The number of carbonyl (C=O) groups excluding carboxylic acids is 1. The molecule has 1 aliphatic heterocycles. The summed E-state index contributed by atoms with van der Waals surface area (Å²) < 4.78 is 0. The molecule has 22 heavy (non-hydrogen) atoms. The van der Waals surface area contributed by atoms with Crippen LogP contribution in [0, 0.1) is 5.92 Å².